The van der Waals surface area contributed by atoms with Crippen LogP contribution in [0, 0.1) is 0 Å². The standard InChI is InChI=1S/C16H19N5OS/c1-16(2,3)21-10-11(9-17-21)14(22)18-19-15-20(4)12-7-5-6-8-13(12)23-15/h5-10H,1-4H3,(H,18,22)/b19-15-. The molecule has 0 bridgehead atoms. The predicted molar refractivity (Wildman–Crippen MR) is 91.0 cm³/mol. The summed E-state index contributed by atoms with van der Waals surface area (Å²) in [6.45, 7) is 6.09. The number of nitrogens with one attached hydrogen (secondary N) is 1. The van der Waals surface area contributed by atoms with Gasteiger partial charge in [0.25, 0.3) is 5.91 Å². The van der Waals surface area contributed by atoms with Crippen LogP contribution in [0.5, 0.6) is 0 Å². The van der Waals surface area contributed by atoms with Crippen molar-refractivity contribution >= 4 is 27.5 Å². The van der Waals surface area contributed by atoms with E-state index >= 15 is 0 Å². The number of carbonyl (C=O) groups is 1. The van der Waals surface area contributed by atoms with Crippen LogP contribution < -0.4 is 10.2 Å². The van der Waals surface area contributed by atoms with Crippen molar-refractivity contribution in [1.82, 2.24) is 19.8 Å². The number of thiazole rings is 1. The molecular weight excluding hydrogens is 310 g/mol. The van der Waals surface area contributed by atoms with Crippen LogP contribution in [0.15, 0.2) is 41.8 Å². The van der Waals surface area contributed by atoms with Gasteiger partial charge in [-0.25, -0.2) is 5.43 Å². The lowest BCUT2D eigenvalue weighted by Crippen LogP contribution is -2.24. The summed E-state index contributed by atoms with van der Waals surface area (Å²) in [6.07, 6.45) is 3.29. The molecule has 0 aliphatic carbocycles. The molecule has 3 rings (SSSR count). The molecule has 0 spiro atoms. The van der Waals surface area contributed by atoms with E-state index < -0.39 is 0 Å². The molecule has 0 unspecified atom stereocenters. The Hall–Kier alpha value is -2.41. The lowest BCUT2D eigenvalue weighted by Gasteiger charge is -2.18. The van der Waals surface area contributed by atoms with Crippen molar-refractivity contribution in [3.05, 3.63) is 47.0 Å². The normalized spacial score (nSPS) is 12.8. The Morgan fingerprint density at radius 2 is 2.04 bits per heavy atom. The Morgan fingerprint density at radius 3 is 2.70 bits per heavy atom. The smallest absolute Gasteiger partial charge is 0.274 e. The van der Waals surface area contributed by atoms with Gasteiger partial charge >= 0.3 is 0 Å². The first-order valence-electron chi connectivity index (χ1n) is 7.30. The fourth-order valence-corrected chi connectivity index (χ4v) is 3.14. The summed E-state index contributed by atoms with van der Waals surface area (Å²) in [5.41, 5.74) is 4.03. The van der Waals surface area contributed by atoms with Crippen LogP contribution in [0.4, 0.5) is 0 Å². The molecule has 2 aromatic heterocycles. The molecular formula is C16H19N5OS. The summed E-state index contributed by atoms with van der Waals surface area (Å²) in [5, 5.41) is 8.46. The monoisotopic (exact) mass is 329 g/mol. The van der Waals surface area contributed by atoms with Gasteiger partial charge in [-0.2, -0.15) is 5.10 Å². The third-order valence-corrected chi connectivity index (χ3v) is 4.61. The minimum absolute atomic E-state index is 0.159. The molecule has 7 heteroatoms. The van der Waals surface area contributed by atoms with Crippen molar-refractivity contribution < 1.29 is 4.79 Å². The number of amides is 1. The molecule has 120 valence electrons. The van der Waals surface area contributed by atoms with E-state index in [1.54, 1.807) is 17.1 Å². The molecule has 0 fully saturated rings. The van der Waals surface area contributed by atoms with Crippen LogP contribution in [0.2, 0.25) is 0 Å². The van der Waals surface area contributed by atoms with Gasteiger partial charge in [0.2, 0.25) is 4.80 Å². The highest BCUT2D eigenvalue weighted by Gasteiger charge is 2.16. The van der Waals surface area contributed by atoms with E-state index in [9.17, 15) is 4.79 Å². The number of hydrogen-bond acceptors (Lipinski definition) is 4. The Bertz CT molecular complexity index is 926. The number of aryl methyl sites for hydroxylation is 1. The van der Waals surface area contributed by atoms with Gasteiger partial charge in [-0.05, 0) is 32.9 Å². The van der Waals surface area contributed by atoms with Crippen molar-refractivity contribution in [1.29, 1.82) is 0 Å². The van der Waals surface area contributed by atoms with E-state index in [0.717, 1.165) is 15.0 Å². The molecule has 1 amide bonds. The van der Waals surface area contributed by atoms with E-state index in [2.05, 4.69) is 15.6 Å². The predicted octanol–water partition coefficient (Wildman–Crippen LogP) is 2.44. The Morgan fingerprint density at radius 1 is 1.30 bits per heavy atom. The Balaban J connectivity index is 1.85. The van der Waals surface area contributed by atoms with Crippen LogP contribution in [0.25, 0.3) is 10.2 Å². The van der Waals surface area contributed by atoms with Crippen LogP contribution in [0.1, 0.15) is 31.1 Å². The van der Waals surface area contributed by atoms with E-state index in [4.69, 9.17) is 0 Å². The second-order valence-electron chi connectivity index (χ2n) is 6.31. The second-order valence-corrected chi connectivity index (χ2v) is 7.32. The minimum atomic E-state index is -0.266. The van der Waals surface area contributed by atoms with Gasteiger partial charge in [-0.15, -0.1) is 5.10 Å². The molecule has 23 heavy (non-hydrogen) atoms. The number of aromatic nitrogens is 3. The van der Waals surface area contributed by atoms with Crippen molar-refractivity contribution in [3.8, 4) is 0 Å². The molecule has 0 atom stereocenters. The maximum atomic E-state index is 12.2. The summed E-state index contributed by atoms with van der Waals surface area (Å²) in [4.78, 5) is 13.0. The fourth-order valence-electron chi connectivity index (χ4n) is 2.16. The van der Waals surface area contributed by atoms with Gasteiger partial charge < -0.3 is 4.57 Å². The summed E-state index contributed by atoms with van der Waals surface area (Å²) in [5.74, 6) is -0.266. The summed E-state index contributed by atoms with van der Waals surface area (Å²) in [7, 11) is 1.93. The van der Waals surface area contributed by atoms with Gasteiger partial charge in [-0.3, -0.25) is 9.48 Å². The van der Waals surface area contributed by atoms with Gasteiger partial charge in [-0.1, -0.05) is 23.5 Å². The highest BCUT2D eigenvalue weighted by atomic mass is 32.1. The summed E-state index contributed by atoms with van der Waals surface area (Å²) in [6, 6.07) is 8.04. The van der Waals surface area contributed by atoms with Crippen LogP contribution in [0.3, 0.4) is 0 Å². The molecule has 0 saturated carbocycles. The minimum Gasteiger partial charge on any atom is -0.318 e. The third-order valence-electron chi connectivity index (χ3n) is 3.50. The number of rotatable bonds is 2. The fraction of sp³-hybridized carbons (Fsp3) is 0.312. The average Bonchev–Trinajstić information content (AvgIpc) is 3.11. The molecule has 1 aromatic carbocycles. The number of carbonyl (C=O) groups excluding carboxylic acids is 1. The number of hydrogen-bond donors (Lipinski definition) is 1. The SMILES string of the molecule is Cn1/c(=N/NC(=O)c2cnn(C(C)(C)C)c2)sc2ccccc21. The molecule has 3 aromatic rings. The van der Waals surface area contributed by atoms with Gasteiger partial charge in [0.05, 0.1) is 27.5 Å². The van der Waals surface area contributed by atoms with E-state index in [1.807, 2.05) is 56.7 Å². The van der Waals surface area contributed by atoms with Crippen LogP contribution >= 0.6 is 11.3 Å². The van der Waals surface area contributed by atoms with Crippen molar-refractivity contribution in [2.75, 3.05) is 0 Å². The summed E-state index contributed by atoms with van der Waals surface area (Å²) < 4.78 is 4.85. The summed E-state index contributed by atoms with van der Waals surface area (Å²) >= 11 is 1.53. The zero-order valence-electron chi connectivity index (χ0n) is 13.6. The van der Waals surface area contributed by atoms with Crippen molar-refractivity contribution in [2.24, 2.45) is 12.1 Å². The first-order chi connectivity index (χ1) is 10.9. The Kier molecular flexibility index (Phi) is 3.81. The molecule has 1 N–H and O–H groups in total. The van der Waals surface area contributed by atoms with Crippen LogP contribution in [-0.2, 0) is 12.6 Å². The lowest BCUT2D eigenvalue weighted by atomic mass is 10.1. The number of nitrogens with zero attached hydrogens (tertiary/aromatic N) is 4. The van der Waals surface area contributed by atoms with Crippen LogP contribution in [-0.4, -0.2) is 20.3 Å². The second kappa shape index (κ2) is 5.66. The van der Waals surface area contributed by atoms with Gasteiger partial charge in [0.1, 0.15) is 0 Å². The van der Waals surface area contributed by atoms with Gasteiger partial charge in [0, 0.05) is 13.2 Å². The maximum absolute atomic E-state index is 12.2. The third kappa shape index (κ3) is 3.05. The first kappa shape index (κ1) is 15.5. The highest BCUT2D eigenvalue weighted by molar-refractivity contribution is 7.16. The molecule has 2 heterocycles. The maximum Gasteiger partial charge on any atom is 0.274 e. The topological polar surface area (TPSA) is 64.2 Å². The van der Waals surface area contributed by atoms with E-state index in [-0.39, 0.29) is 11.4 Å². The molecule has 0 aliphatic rings. The van der Waals surface area contributed by atoms with Crippen molar-refractivity contribution in [2.45, 2.75) is 26.3 Å². The Labute approximate surface area is 138 Å². The van der Waals surface area contributed by atoms with Crippen molar-refractivity contribution in [3.63, 3.8) is 0 Å². The molecule has 6 nitrogen and oxygen atoms in total. The van der Waals surface area contributed by atoms with E-state index in [0.29, 0.717) is 5.56 Å². The molecule has 0 saturated heterocycles. The molecule has 0 radical (unpaired) electrons. The van der Waals surface area contributed by atoms with E-state index in [1.165, 1.54) is 11.3 Å². The average molecular weight is 329 g/mol. The number of fused-ring (bicyclic) bond motifs is 1. The zero-order chi connectivity index (χ0) is 16.6. The highest BCUT2D eigenvalue weighted by Crippen LogP contribution is 2.15. The van der Waals surface area contributed by atoms with Gasteiger partial charge in [0.15, 0.2) is 0 Å². The zero-order valence-corrected chi connectivity index (χ0v) is 14.4. The number of para-hydroxylation sites is 1. The largest absolute Gasteiger partial charge is 0.318 e. The first-order valence-corrected chi connectivity index (χ1v) is 8.12. The molecule has 0 aliphatic heterocycles. The number of benzene rings is 1. The quantitative estimate of drug-likeness (QED) is 0.734. The lowest BCUT2D eigenvalue weighted by molar-refractivity contribution is 0.0953.